The fourth-order valence-corrected chi connectivity index (χ4v) is 2.27. The van der Waals surface area contributed by atoms with Crippen molar-refractivity contribution < 1.29 is 19.4 Å². The lowest BCUT2D eigenvalue weighted by atomic mass is 10.1. The van der Waals surface area contributed by atoms with Crippen molar-refractivity contribution in [2.45, 2.75) is 6.42 Å². The van der Waals surface area contributed by atoms with E-state index in [9.17, 15) is 4.79 Å². The van der Waals surface area contributed by atoms with Crippen molar-refractivity contribution in [1.82, 2.24) is 0 Å². The Morgan fingerprint density at radius 1 is 1.59 bits per heavy atom. The number of carboxylic acid groups (broad SMARTS) is 1. The van der Waals surface area contributed by atoms with Crippen LogP contribution in [0.25, 0.3) is 0 Å². The normalized spacial score (nSPS) is 19.2. The molecule has 0 radical (unpaired) electrons. The smallest absolute Gasteiger partial charge is 0.340 e. The number of hydrogen-bond acceptors (Lipinski definition) is 3. The van der Waals surface area contributed by atoms with Crippen LogP contribution < -0.4 is 4.74 Å². The van der Waals surface area contributed by atoms with Gasteiger partial charge in [-0.15, -0.1) is 0 Å². The highest BCUT2D eigenvalue weighted by Gasteiger charge is 2.19. The summed E-state index contributed by atoms with van der Waals surface area (Å²) < 4.78 is 11.3. The Morgan fingerprint density at radius 3 is 3.06 bits per heavy atom. The summed E-state index contributed by atoms with van der Waals surface area (Å²) in [6.45, 7) is 1.95. The second-order valence-corrected chi connectivity index (χ2v) is 4.81. The molecule has 1 aromatic rings. The lowest BCUT2D eigenvalue weighted by Crippen LogP contribution is -2.13. The molecule has 1 aliphatic rings. The van der Waals surface area contributed by atoms with E-state index in [0.717, 1.165) is 13.0 Å². The Balaban J connectivity index is 2.09. The number of benzene rings is 1. The maximum atomic E-state index is 11.1. The van der Waals surface area contributed by atoms with Crippen LogP contribution in [0.15, 0.2) is 22.7 Å². The lowest BCUT2D eigenvalue weighted by Gasteiger charge is -2.13. The first-order valence-electron chi connectivity index (χ1n) is 5.41. The summed E-state index contributed by atoms with van der Waals surface area (Å²) in [5, 5.41) is 9.10. The van der Waals surface area contributed by atoms with Crippen molar-refractivity contribution in [3.8, 4) is 5.75 Å². The molecule has 17 heavy (non-hydrogen) atoms. The third kappa shape index (κ3) is 2.98. The van der Waals surface area contributed by atoms with E-state index in [1.54, 1.807) is 18.2 Å². The molecule has 1 aliphatic heterocycles. The quantitative estimate of drug-likeness (QED) is 0.928. The van der Waals surface area contributed by atoms with Crippen LogP contribution in [0.2, 0.25) is 0 Å². The SMILES string of the molecule is O=C(O)c1c(Br)cccc1OCC1CCOC1. The maximum absolute atomic E-state index is 11.1. The van der Waals surface area contributed by atoms with Crippen LogP contribution >= 0.6 is 15.9 Å². The van der Waals surface area contributed by atoms with Gasteiger partial charge in [0.15, 0.2) is 0 Å². The van der Waals surface area contributed by atoms with E-state index in [1.165, 1.54) is 0 Å². The van der Waals surface area contributed by atoms with Crippen molar-refractivity contribution in [1.29, 1.82) is 0 Å². The van der Waals surface area contributed by atoms with Gasteiger partial charge in [-0.1, -0.05) is 6.07 Å². The van der Waals surface area contributed by atoms with Crippen molar-refractivity contribution in [3.63, 3.8) is 0 Å². The number of halogens is 1. The van der Waals surface area contributed by atoms with E-state index in [-0.39, 0.29) is 5.56 Å². The van der Waals surface area contributed by atoms with E-state index >= 15 is 0 Å². The van der Waals surface area contributed by atoms with Gasteiger partial charge in [-0.3, -0.25) is 0 Å². The van der Waals surface area contributed by atoms with Gasteiger partial charge >= 0.3 is 5.97 Å². The van der Waals surface area contributed by atoms with Crippen LogP contribution in [0.3, 0.4) is 0 Å². The van der Waals surface area contributed by atoms with Gasteiger partial charge in [0.2, 0.25) is 0 Å². The van der Waals surface area contributed by atoms with Crippen LogP contribution in [0.4, 0.5) is 0 Å². The molecule has 0 aromatic heterocycles. The summed E-state index contributed by atoms with van der Waals surface area (Å²) in [6, 6.07) is 5.12. The fraction of sp³-hybridized carbons (Fsp3) is 0.417. The maximum Gasteiger partial charge on any atom is 0.340 e. The number of carboxylic acids is 1. The summed E-state index contributed by atoms with van der Waals surface area (Å²) in [7, 11) is 0. The van der Waals surface area contributed by atoms with Gasteiger partial charge in [0.1, 0.15) is 11.3 Å². The predicted molar refractivity (Wildman–Crippen MR) is 65.5 cm³/mol. The van der Waals surface area contributed by atoms with Crippen LogP contribution in [0.5, 0.6) is 5.75 Å². The van der Waals surface area contributed by atoms with E-state index in [4.69, 9.17) is 14.6 Å². The minimum absolute atomic E-state index is 0.173. The highest BCUT2D eigenvalue weighted by molar-refractivity contribution is 9.10. The molecule has 0 aliphatic carbocycles. The molecule has 0 spiro atoms. The first-order valence-corrected chi connectivity index (χ1v) is 6.20. The fourth-order valence-electron chi connectivity index (χ4n) is 1.75. The predicted octanol–water partition coefficient (Wildman–Crippen LogP) is 2.56. The van der Waals surface area contributed by atoms with Gasteiger partial charge in [-0.25, -0.2) is 4.79 Å². The Morgan fingerprint density at radius 2 is 2.41 bits per heavy atom. The monoisotopic (exact) mass is 300 g/mol. The average molecular weight is 301 g/mol. The first-order chi connectivity index (χ1) is 8.18. The molecular formula is C12H13BrO4. The zero-order valence-electron chi connectivity index (χ0n) is 9.19. The largest absolute Gasteiger partial charge is 0.492 e. The second kappa shape index (κ2) is 5.51. The minimum atomic E-state index is -0.991. The van der Waals surface area contributed by atoms with E-state index < -0.39 is 5.97 Å². The molecule has 0 bridgehead atoms. The Hall–Kier alpha value is -1.07. The van der Waals surface area contributed by atoms with Crippen LogP contribution in [0, 0.1) is 5.92 Å². The standard InChI is InChI=1S/C12H13BrO4/c13-9-2-1-3-10(11(9)12(14)15)17-7-8-4-5-16-6-8/h1-3,8H,4-7H2,(H,14,15). The van der Waals surface area contributed by atoms with Gasteiger partial charge in [-0.05, 0) is 34.5 Å². The number of aromatic carboxylic acids is 1. The van der Waals surface area contributed by atoms with Crippen LogP contribution in [-0.4, -0.2) is 30.9 Å². The van der Waals surface area contributed by atoms with Gasteiger partial charge in [0.05, 0.1) is 13.2 Å². The molecule has 4 nitrogen and oxygen atoms in total. The van der Waals surface area contributed by atoms with Crippen LogP contribution in [0.1, 0.15) is 16.8 Å². The molecule has 1 fully saturated rings. The van der Waals surface area contributed by atoms with Gasteiger partial charge in [0.25, 0.3) is 0 Å². The summed E-state index contributed by atoms with van der Waals surface area (Å²) in [4.78, 5) is 11.1. The van der Waals surface area contributed by atoms with Gasteiger partial charge < -0.3 is 14.6 Å². The van der Waals surface area contributed by atoms with E-state index in [1.807, 2.05) is 0 Å². The Kier molecular flexibility index (Phi) is 4.02. The highest BCUT2D eigenvalue weighted by Crippen LogP contribution is 2.27. The van der Waals surface area contributed by atoms with E-state index in [0.29, 0.717) is 29.4 Å². The molecule has 1 heterocycles. The molecule has 1 atom stereocenters. The number of carbonyl (C=O) groups is 1. The molecule has 0 saturated carbocycles. The highest BCUT2D eigenvalue weighted by atomic mass is 79.9. The molecule has 1 unspecified atom stereocenters. The van der Waals surface area contributed by atoms with Gasteiger partial charge in [0, 0.05) is 17.0 Å². The van der Waals surface area contributed by atoms with Crippen molar-refractivity contribution in [2.75, 3.05) is 19.8 Å². The van der Waals surface area contributed by atoms with Crippen LogP contribution in [-0.2, 0) is 4.74 Å². The Labute approximate surface area is 108 Å². The number of hydrogen-bond donors (Lipinski definition) is 1. The van der Waals surface area contributed by atoms with Crippen molar-refractivity contribution in [2.24, 2.45) is 5.92 Å². The summed E-state index contributed by atoms with van der Waals surface area (Å²) in [6.07, 6.45) is 0.969. The first kappa shape index (κ1) is 12.4. The average Bonchev–Trinajstić information content (AvgIpc) is 2.78. The molecule has 92 valence electrons. The van der Waals surface area contributed by atoms with Gasteiger partial charge in [-0.2, -0.15) is 0 Å². The third-order valence-corrected chi connectivity index (χ3v) is 3.35. The molecule has 2 rings (SSSR count). The molecule has 1 N–H and O–H groups in total. The van der Waals surface area contributed by atoms with Crippen molar-refractivity contribution >= 4 is 21.9 Å². The minimum Gasteiger partial charge on any atom is -0.492 e. The molecule has 1 saturated heterocycles. The zero-order chi connectivity index (χ0) is 12.3. The summed E-state index contributed by atoms with van der Waals surface area (Å²) in [5.41, 5.74) is 0.173. The van der Waals surface area contributed by atoms with E-state index in [2.05, 4.69) is 15.9 Å². The Bertz CT molecular complexity index is 413. The zero-order valence-corrected chi connectivity index (χ0v) is 10.8. The summed E-state index contributed by atoms with van der Waals surface area (Å²) in [5.74, 6) is -0.232. The third-order valence-electron chi connectivity index (χ3n) is 2.69. The summed E-state index contributed by atoms with van der Waals surface area (Å²) >= 11 is 3.22. The molecule has 0 amide bonds. The second-order valence-electron chi connectivity index (χ2n) is 3.96. The molecule has 5 heteroatoms. The lowest BCUT2D eigenvalue weighted by molar-refractivity contribution is 0.0690. The molecular weight excluding hydrogens is 288 g/mol. The van der Waals surface area contributed by atoms with Crippen molar-refractivity contribution in [3.05, 3.63) is 28.2 Å². The topological polar surface area (TPSA) is 55.8 Å². The number of ether oxygens (including phenoxy) is 2. The molecule has 1 aromatic carbocycles. The number of rotatable bonds is 4.